The largest absolute Gasteiger partial charge is 0.187 e. The first-order valence-electron chi connectivity index (χ1n) is 3.78. The quantitative estimate of drug-likeness (QED) is 0.803. The van der Waals surface area contributed by atoms with Crippen LogP contribution in [0.3, 0.4) is 0 Å². The van der Waals surface area contributed by atoms with Crippen molar-refractivity contribution in [2.75, 3.05) is 0 Å². The van der Waals surface area contributed by atoms with E-state index in [0.717, 1.165) is 28.7 Å². The van der Waals surface area contributed by atoms with Crippen LogP contribution in [0.2, 0.25) is 0 Å². The molecule has 0 unspecified atom stereocenters. The maximum Gasteiger partial charge on any atom is 0.187 e. The number of nitrogens with zero attached hydrogens (tertiary/aromatic N) is 2. The van der Waals surface area contributed by atoms with Crippen LogP contribution in [0.5, 0.6) is 0 Å². The SMILES string of the molecule is Cc1nn(SF)c(C2CC2)c1Br. The predicted octanol–water partition coefficient (Wildman–Crippen LogP) is 3.21. The molecule has 0 N–H and O–H groups in total. The number of aryl methyl sites for hydroxylation is 1. The van der Waals surface area contributed by atoms with Crippen molar-refractivity contribution in [1.82, 2.24) is 9.19 Å². The Morgan fingerprint density at radius 2 is 2.33 bits per heavy atom. The Balaban J connectivity index is 2.46. The molecule has 1 aliphatic carbocycles. The minimum Gasteiger partial charge on any atom is -0.179 e. The van der Waals surface area contributed by atoms with Gasteiger partial charge in [0.2, 0.25) is 0 Å². The van der Waals surface area contributed by atoms with E-state index in [0.29, 0.717) is 5.92 Å². The summed E-state index contributed by atoms with van der Waals surface area (Å²) in [5.41, 5.74) is 1.86. The van der Waals surface area contributed by atoms with Gasteiger partial charge in [-0.25, -0.2) is 0 Å². The van der Waals surface area contributed by atoms with Gasteiger partial charge in [-0.15, -0.1) is 3.89 Å². The predicted molar refractivity (Wildman–Crippen MR) is 50.7 cm³/mol. The first-order valence-corrected chi connectivity index (χ1v) is 5.24. The maximum atomic E-state index is 12.4. The molecular weight excluding hydrogens is 243 g/mol. The molecule has 1 fully saturated rings. The van der Waals surface area contributed by atoms with E-state index in [1.807, 2.05) is 6.92 Å². The van der Waals surface area contributed by atoms with Crippen LogP contribution >= 0.6 is 28.3 Å². The van der Waals surface area contributed by atoms with Gasteiger partial charge >= 0.3 is 0 Å². The lowest BCUT2D eigenvalue weighted by Gasteiger charge is -1.97. The summed E-state index contributed by atoms with van der Waals surface area (Å²) in [5.74, 6) is 0.517. The molecule has 0 saturated heterocycles. The Morgan fingerprint density at radius 1 is 1.67 bits per heavy atom. The van der Waals surface area contributed by atoms with E-state index >= 15 is 0 Å². The van der Waals surface area contributed by atoms with Crippen LogP contribution < -0.4 is 0 Å². The lowest BCUT2D eigenvalue weighted by molar-refractivity contribution is 0.833. The molecule has 0 amide bonds. The maximum absolute atomic E-state index is 12.4. The van der Waals surface area contributed by atoms with Crippen molar-refractivity contribution in [3.63, 3.8) is 0 Å². The van der Waals surface area contributed by atoms with Crippen molar-refractivity contribution in [2.45, 2.75) is 25.7 Å². The second kappa shape index (κ2) is 3.03. The van der Waals surface area contributed by atoms with Crippen molar-refractivity contribution in [2.24, 2.45) is 0 Å². The Hall–Kier alpha value is -0.0300. The van der Waals surface area contributed by atoms with Crippen LogP contribution in [0.4, 0.5) is 3.89 Å². The highest BCUT2D eigenvalue weighted by atomic mass is 79.9. The first-order chi connectivity index (χ1) is 5.74. The van der Waals surface area contributed by atoms with Gasteiger partial charge in [-0.05, 0) is 35.7 Å². The molecule has 0 radical (unpaired) electrons. The van der Waals surface area contributed by atoms with E-state index in [9.17, 15) is 3.89 Å². The number of halogens is 2. The third-order valence-electron chi connectivity index (χ3n) is 2.02. The van der Waals surface area contributed by atoms with Gasteiger partial charge in [-0.2, -0.15) is 9.19 Å². The fraction of sp³-hybridized carbons (Fsp3) is 0.571. The molecule has 0 atom stereocenters. The summed E-state index contributed by atoms with van der Waals surface area (Å²) in [7, 11) is 0. The number of hydrogen-bond acceptors (Lipinski definition) is 2. The van der Waals surface area contributed by atoms with Crippen molar-refractivity contribution in [1.29, 1.82) is 0 Å². The highest BCUT2D eigenvalue weighted by Crippen LogP contribution is 2.45. The van der Waals surface area contributed by atoms with Gasteiger partial charge in [0.1, 0.15) is 0 Å². The Kier molecular flexibility index (Phi) is 2.16. The fourth-order valence-corrected chi connectivity index (χ4v) is 2.40. The molecule has 0 aliphatic heterocycles. The Bertz CT molecular complexity index is 309. The highest BCUT2D eigenvalue weighted by molar-refractivity contribution is 9.10. The zero-order chi connectivity index (χ0) is 8.72. The van der Waals surface area contributed by atoms with Crippen LogP contribution in [0, 0.1) is 6.92 Å². The van der Waals surface area contributed by atoms with Crippen LogP contribution in [0.25, 0.3) is 0 Å². The average Bonchev–Trinajstić information content (AvgIpc) is 2.82. The van der Waals surface area contributed by atoms with Crippen LogP contribution in [-0.4, -0.2) is 9.19 Å². The molecule has 0 bridgehead atoms. The summed E-state index contributed by atoms with van der Waals surface area (Å²) in [5, 5.41) is 4.05. The van der Waals surface area contributed by atoms with Gasteiger partial charge in [-0.1, -0.05) is 0 Å². The van der Waals surface area contributed by atoms with Crippen molar-refractivity contribution >= 4 is 28.3 Å². The normalized spacial score (nSPS) is 16.9. The van der Waals surface area contributed by atoms with E-state index in [1.165, 1.54) is 4.09 Å². The Labute approximate surface area is 83.1 Å². The molecule has 1 heterocycles. The van der Waals surface area contributed by atoms with Crippen molar-refractivity contribution in [3.8, 4) is 0 Å². The minimum absolute atomic E-state index is 0.174. The fourth-order valence-electron chi connectivity index (χ4n) is 1.25. The summed E-state index contributed by atoms with van der Waals surface area (Å²) >= 11 is 3.59. The lowest BCUT2D eigenvalue weighted by atomic mass is 10.3. The molecule has 2 rings (SSSR count). The van der Waals surface area contributed by atoms with Gasteiger partial charge < -0.3 is 0 Å². The lowest BCUT2D eigenvalue weighted by Crippen LogP contribution is -1.92. The van der Waals surface area contributed by atoms with E-state index < -0.39 is 0 Å². The molecule has 1 aliphatic rings. The van der Waals surface area contributed by atoms with E-state index in [-0.39, 0.29) is 12.3 Å². The zero-order valence-electron chi connectivity index (χ0n) is 6.55. The summed E-state index contributed by atoms with van der Waals surface area (Å²) in [6, 6.07) is 0. The van der Waals surface area contributed by atoms with Crippen LogP contribution in [0.15, 0.2) is 4.47 Å². The first kappa shape index (κ1) is 8.56. The van der Waals surface area contributed by atoms with E-state index in [4.69, 9.17) is 0 Å². The van der Waals surface area contributed by atoms with E-state index in [2.05, 4.69) is 21.0 Å². The number of hydrogen-bond donors (Lipinski definition) is 0. The van der Waals surface area contributed by atoms with Crippen LogP contribution in [-0.2, 0) is 0 Å². The molecule has 1 aromatic heterocycles. The highest BCUT2D eigenvalue weighted by Gasteiger charge is 2.31. The van der Waals surface area contributed by atoms with Gasteiger partial charge in [0.25, 0.3) is 0 Å². The molecule has 66 valence electrons. The van der Waals surface area contributed by atoms with Crippen molar-refractivity contribution in [3.05, 3.63) is 15.9 Å². The molecule has 2 nitrogen and oxygen atoms in total. The van der Waals surface area contributed by atoms with Gasteiger partial charge in [-0.3, -0.25) is 0 Å². The molecule has 0 spiro atoms. The molecule has 0 aromatic carbocycles. The van der Waals surface area contributed by atoms with Crippen LogP contribution in [0.1, 0.15) is 30.1 Å². The van der Waals surface area contributed by atoms with Gasteiger partial charge in [0, 0.05) is 5.92 Å². The summed E-state index contributed by atoms with van der Waals surface area (Å²) in [6.45, 7) is 1.88. The smallest absolute Gasteiger partial charge is 0.179 e. The topological polar surface area (TPSA) is 17.8 Å². The van der Waals surface area contributed by atoms with Crippen molar-refractivity contribution < 1.29 is 3.89 Å². The third-order valence-corrected chi connectivity index (χ3v) is 3.41. The minimum atomic E-state index is 0.174. The Morgan fingerprint density at radius 3 is 2.83 bits per heavy atom. The molecule has 12 heavy (non-hydrogen) atoms. The second-order valence-electron chi connectivity index (χ2n) is 3.00. The summed E-state index contributed by atoms with van der Waals surface area (Å²) in [6.07, 6.45) is 2.31. The summed E-state index contributed by atoms with van der Waals surface area (Å²) in [4.78, 5) is 0. The standard InChI is InChI=1S/C7H8BrFN2S/c1-4-6(8)7(5-2-3-5)11(10-4)12-9/h5H,2-3H2,1H3. The zero-order valence-corrected chi connectivity index (χ0v) is 8.95. The third kappa shape index (κ3) is 1.29. The number of aromatic nitrogens is 2. The van der Waals surface area contributed by atoms with Gasteiger partial charge in [0.05, 0.1) is 15.9 Å². The molecule has 1 aromatic rings. The summed E-state index contributed by atoms with van der Waals surface area (Å²) < 4.78 is 14.7. The molecule has 5 heteroatoms. The van der Waals surface area contributed by atoms with E-state index in [1.54, 1.807) is 0 Å². The second-order valence-corrected chi connectivity index (χ2v) is 4.28. The number of rotatable bonds is 2. The monoisotopic (exact) mass is 250 g/mol. The molecular formula is C7H8BrFN2S. The van der Waals surface area contributed by atoms with Gasteiger partial charge in [0.15, 0.2) is 12.3 Å². The molecule has 1 saturated carbocycles. The average molecular weight is 251 g/mol.